The minimum absolute atomic E-state index is 0.921. The molecule has 0 amide bonds. The third-order valence-electron chi connectivity index (χ3n) is 15.0. The van der Waals surface area contributed by atoms with Crippen molar-refractivity contribution in [3.05, 3.63) is 334 Å². The van der Waals surface area contributed by atoms with Crippen LogP contribution in [0.4, 0.5) is 34.1 Å². The van der Waals surface area contributed by atoms with Gasteiger partial charge in [-0.15, -0.1) is 0 Å². The molecule has 0 N–H and O–H groups in total. The molecule has 0 bridgehead atoms. The predicted octanol–water partition coefficient (Wildman–Crippen LogP) is 21.4. The quantitative estimate of drug-likeness (QED) is 0.108. The van der Waals surface area contributed by atoms with Crippen LogP contribution in [0, 0.1) is 0 Å². The molecule has 1 heterocycles. The summed E-state index contributed by atoms with van der Waals surface area (Å²) in [7, 11) is 0. The number of rotatable bonds is 14. The van der Waals surface area contributed by atoms with Gasteiger partial charge < -0.3 is 9.80 Å². The molecule has 378 valence electrons. The van der Waals surface area contributed by atoms with Crippen LogP contribution >= 0.6 is 0 Å². The van der Waals surface area contributed by atoms with E-state index < -0.39 is 0 Å². The van der Waals surface area contributed by atoms with Crippen molar-refractivity contribution in [2.45, 2.75) is 0 Å². The summed E-state index contributed by atoms with van der Waals surface area (Å²) in [5.41, 5.74) is 23.9. The van der Waals surface area contributed by atoms with Crippen LogP contribution in [0.3, 0.4) is 0 Å². The number of nitrogens with zero attached hydrogens (tertiary/aromatic N) is 3. The van der Waals surface area contributed by atoms with Crippen LogP contribution in [0.2, 0.25) is 0 Å². The maximum absolute atomic E-state index is 4.89. The molecule has 13 aromatic rings. The molecule has 0 saturated carbocycles. The van der Waals surface area contributed by atoms with Crippen LogP contribution in [0.25, 0.3) is 89.1 Å². The highest BCUT2D eigenvalue weighted by molar-refractivity contribution is 6.00. The average Bonchev–Trinajstić information content (AvgIpc) is 3.58. The minimum atomic E-state index is 0.921. The second-order valence-corrected chi connectivity index (χ2v) is 19.9. The summed E-state index contributed by atoms with van der Waals surface area (Å²) < 4.78 is 0. The smallest absolute Gasteiger partial charge is 0.0708 e. The summed E-state index contributed by atoms with van der Waals surface area (Å²) in [5.74, 6) is 0. The molecular weight excluding hydrogens is 967 g/mol. The van der Waals surface area contributed by atoms with Crippen molar-refractivity contribution >= 4 is 34.1 Å². The lowest BCUT2D eigenvalue weighted by Crippen LogP contribution is -2.15. The maximum atomic E-state index is 4.89. The Balaban J connectivity index is 1.10. The number of aromatic nitrogens is 1. The van der Waals surface area contributed by atoms with E-state index in [2.05, 4.69) is 331 Å². The van der Waals surface area contributed by atoms with Gasteiger partial charge in [0.15, 0.2) is 0 Å². The number of benzene rings is 12. The Kier molecular flexibility index (Phi) is 13.8. The minimum Gasteiger partial charge on any atom is -0.310 e. The molecule has 0 radical (unpaired) electrons. The Bertz CT molecular complexity index is 3970. The van der Waals surface area contributed by atoms with Gasteiger partial charge in [0.2, 0.25) is 0 Å². The van der Waals surface area contributed by atoms with Crippen molar-refractivity contribution in [1.29, 1.82) is 0 Å². The molecule has 12 aromatic carbocycles. The molecule has 0 saturated heterocycles. The molecule has 0 aliphatic heterocycles. The normalized spacial score (nSPS) is 11.0. The van der Waals surface area contributed by atoms with Crippen LogP contribution in [0.5, 0.6) is 0 Å². The van der Waals surface area contributed by atoms with Gasteiger partial charge in [0, 0.05) is 45.6 Å². The molecular formula is C77H55N3. The SMILES string of the molecule is c1ccc(-c2ccc(N(c3ccc(-c4ccccc4)cc3)c3cc(N(c4ccc(-c5ccccc5)cc4)c4ccc(-c5ccccc5)cc4)c(-c4ccc(-c5ccccn5)c(-c5ccccc5)c4)cc3-c3ccccc3)cc2)cc1. The van der Waals surface area contributed by atoms with Crippen molar-refractivity contribution in [1.82, 2.24) is 4.98 Å². The first-order valence-corrected chi connectivity index (χ1v) is 27.3. The van der Waals surface area contributed by atoms with E-state index in [0.717, 1.165) is 101 Å². The van der Waals surface area contributed by atoms with Crippen LogP contribution in [0.15, 0.2) is 334 Å². The van der Waals surface area contributed by atoms with E-state index in [-0.39, 0.29) is 0 Å². The summed E-state index contributed by atoms with van der Waals surface area (Å²) in [4.78, 5) is 9.78. The van der Waals surface area contributed by atoms with Gasteiger partial charge in [-0.05, 0) is 146 Å². The van der Waals surface area contributed by atoms with E-state index in [1.807, 2.05) is 12.3 Å². The Morgan fingerprint density at radius 3 is 0.812 bits per heavy atom. The summed E-state index contributed by atoms with van der Waals surface area (Å²) >= 11 is 0. The first kappa shape index (κ1) is 49.0. The fraction of sp³-hybridized carbons (Fsp3) is 0. The Labute approximate surface area is 469 Å². The monoisotopic (exact) mass is 1020 g/mol. The van der Waals surface area contributed by atoms with E-state index in [1.54, 1.807) is 0 Å². The maximum Gasteiger partial charge on any atom is 0.0708 e. The van der Waals surface area contributed by atoms with E-state index >= 15 is 0 Å². The van der Waals surface area contributed by atoms with E-state index in [4.69, 9.17) is 4.98 Å². The van der Waals surface area contributed by atoms with Crippen molar-refractivity contribution in [2.75, 3.05) is 9.80 Å². The predicted molar refractivity (Wildman–Crippen MR) is 337 cm³/mol. The second kappa shape index (κ2) is 22.5. The molecule has 0 unspecified atom stereocenters. The highest BCUT2D eigenvalue weighted by Gasteiger charge is 2.26. The van der Waals surface area contributed by atoms with E-state index in [9.17, 15) is 0 Å². The van der Waals surface area contributed by atoms with Crippen molar-refractivity contribution in [3.63, 3.8) is 0 Å². The highest BCUT2D eigenvalue weighted by atomic mass is 15.2. The lowest BCUT2D eigenvalue weighted by Gasteiger charge is -2.33. The van der Waals surface area contributed by atoms with Crippen LogP contribution < -0.4 is 9.80 Å². The van der Waals surface area contributed by atoms with Crippen molar-refractivity contribution < 1.29 is 0 Å². The number of anilines is 6. The van der Waals surface area contributed by atoms with Gasteiger partial charge in [-0.3, -0.25) is 4.98 Å². The standard InChI is InChI=1S/C77H55N3/c1-7-21-56(22-8-1)60-34-43-67(44-35-60)79(68-45-36-61(37-46-68)57-23-9-2-10-24-57)76-55-77(80(69-47-38-62(39-48-69)58-25-11-3-12-26-58)70-49-40-63(41-50-70)59-27-13-4-14-28-59)74(54-73(76)65-31-17-6-18-32-65)66-42-51-71(75-33-19-20-52-78-75)72(53-66)64-29-15-5-16-30-64/h1-55H. The highest BCUT2D eigenvalue weighted by Crippen LogP contribution is 2.51. The summed E-state index contributed by atoms with van der Waals surface area (Å²) in [6.07, 6.45) is 1.88. The van der Waals surface area contributed by atoms with Crippen LogP contribution in [-0.2, 0) is 0 Å². The zero-order chi connectivity index (χ0) is 53.5. The first-order chi connectivity index (χ1) is 39.7. The van der Waals surface area contributed by atoms with E-state index in [0.29, 0.717) is 0 Å². The molecule has 3 heteroatoms. The van der Waals surface area contributed by atoms with Crippen LogP contribution in [0.1, 0.15) is 0 Å². The number of hydrogen-bond acceptors (Lipinski definition) is 3. The van der Waals surface area contributed by atoms with Gasteiger partial charge in [0.05, 0.1) is 17.1 Å². The Hall–Kier alpha value is -10.6. The second-order valence-electron chi connectivity index (χ2n) is 19.9. The van der Waals surface area contributed by atoms with Gasteiger partial charge >= 0.3 is 0 Å². The third kappa shape index (κ3) is 10.2. The van der Waals surface area contributed by atoms with Crippen LogP contribution in [-0.4, -0.2) is 4.98 Å². The molecule has 13 rings (SSSR count). The molecule has 80 heavy (non-hydrogen) atoms. The molecule has 1 aromatic heterocycles. The van der Waals surface area contributed by atoms with E-state index in [1.165, 1.54) is 22.3 Å². The molecule has 0 spiro atoms. The number of pyridine rings is 1. The fourth-order valence-electron chi connectivity index (χ4n) is 10.9. The van der Waals surface area contributed by atoms with Gasteiger partial charge in [-0.1, -0.05) is 249 Å². The topological polar surface area (TPSA) is 19.4 Å². The molecule has 0 aliphatic carbocycles. The Morgan fingerprint density at radius 1 is 0.188 bits per heavy atom. The average molecular weight is 1020 g/mol. The third-order valence-corrected chi connectivity index (χ3v) is 15.0. The summed E-state index contributed by atoms with van der Waals surface area (Å²) in [5, 5.41) is 0. The van der Waals surface area contributed by atoms with Gasteiger partial charge in [-0.25, -0.2) is 0 Å². The largest absolute Gasteiger partial charge is 0.310 e. The molecule has 0 atom stereocenters. The number of hydrogen-bond donors (Lipinski definition) is 0. The van der Waals surface area contributed by atoms with Gasteiger partial charge in [0.25, 0.3) is 0 Å². The molecule has 3 nitrogen and oxygen atoms in total. The Morgan fingerprint density at radius 2 is 0.475 bits per heavy atom. The molecule has 0 aliphatic rings. The summed E-state index contributed by atoms with van der Waals surface area (Å²) in [6, 6.07) is 118. The van der Waals surface area contributed by atoms with Gasteiger partial charge in [0.1, 0.15) is 0 Å². The lowest BCUT2D eigenvalue weighted by molar-refractivity contribution is 1.25. The summed E-state index contributed by atoms with van der Waals surface area (Å²) in [6.45, 7) is 0. The zero-order valence-corrected chi connectivity index (χ0v) is 44.1. The first-order valence-electron chi connectivity index (χ1n) is 27.3. The fourth-order valence-corrected chi connectivity index (χ4v) is 10.9. The van der Waals surface area contributed by atoms with Crippen molar-refractivity contribution in [2.24, 2.45) is 0 Å². The van der Waals surface area contributed by atoms with Gasteiger partial charge in [-0.2, -0.15) is 0 Å². The lowest BCUT2D eigenvalue weighted by atomic mass is 9.89. The van der Waals surface area contributed by atoms with Crippen molar-refractivity contribution in [3.8, 4) is 89.1 Å². The molecule has 0 fully saturated rings. The zero-order valence-electron chi connectivity index (χ0n) is 44.1.